The smallest absolute Gasteiger partial charge is 0.242 e. The zero-order valence-electron chi connectivity index (χ0n) is 28.2. The molecule has 5 rings (SSSR count). The monoisotopic (exact) mass is 634 g/mol. The van der Waals surface area contributed by atoms with Gasteiger partial charge in [0, 0.05) is 25.1 Å². The molecule has 10 heteroatoms. The Bertz CT molecular complexity index is 1490. The molecule has 2 aliphatic heterocycles. The fourth-order valence-electron chi connectivity index (χ4n) is 7.69. The van der Waals surface area contributed by atoms with Crippen molar-refractivity contribution < 1.29 is 23.8 Å². The van der Waals surface area contributed by atoms with Crippen molar-refractivity contribution >= 4 is 17.5 Å². The minimum absolute atomic E-state index is 0.0649. The number of fused-ring (bicyclic) bond motifs is 4. The first-order chi connectivity index (χ1) is 22.2. The molecule has 0 unspecified atom stereocenters. The van der Waals surface area contributed by atoms with E-state index in [1.807, 2.05) is 26.0 Å². The quantitative estimate of drug-likeness (QED) is 0.345. The van der Waals surface area contributed by atoms with Crippen molar-refractivity contribution in [2.75, 3.05) is 46.3 Å². The molecule has 4 atom stereocenters. The number of carbonyl (C=O) groups excluding carboxylic acids is 2. The van der Waals surface area contributed by atoms with Gasteiger partial charge in [-0.25, -0.2) is 0 Å². The van der Waals surface area contributed by atoms with Gasteiger partial charge in [-0.05, 0) is 98.3 Å². The van der Waals surface area contributed by atoms with Crippen LogP contribution in [0.2, 0.25) is 0 Å². The van der Waals surface area contributed by atoms with E-state index >= 15 is 0 Å². The standard InChI is InChI=1S/C36H50N4O6/c1-21(2)33(36(43)37-20-24-10-9-17-40-16-8-7-11-29(24)40)39-28-15-13-25-26(19-30(28)42)27(38-22(3)41)14-12-23-18-31(44-4)34(45-5)35(46-6)32(23)25/h13,15,18-19,21,24,27,29,33H,7-12,14,16-17,20H2,1-6H3,(H,37,43)(H,38,41)(H,39,42)/t24-,27-,29+,33-/m0/s1. The number of methoxy groups -OCH3 is 3. The van der Waals surface area contributed by atoms with E-state index < -0.39 is 12.1 Å². The van der Waals surface area contributed by atoms with Crippen LogP contribution in [-0.2, 0) is 16.0 Å². The van der Waals surface area contributed by atoms with Crippen LogP contribution < -0.4 is 35.6 Å². The maximum Gasteiger partial charge on any atom is 0.242 e. The summed E-state index contributed by atoms with van der Waals surface area (Å²) in [5.74, 6) is 1.58. The predicted molar refractivity (Wildman–Crippen MR) is 180 cm³/mol. The first-order valence-corrected chi connectivity index (χ1v) is 16.7. The van der Waals surface area contributed by atoms with Gasteiger partial charge in [0.1, 0.15) is 6.04 Å². The first-order valence-electron chi connectivity index (χ1n) is 16.7. The molecule has 3 N–H and O–H groups in total. The van der Waals surface area contributed by atoms with Gasteiger partial charge in [-0.2, -0.15) is 0 Å². The third-order valence-electron chi connectivity index (χ3n) is 9.94. The molecule has 2 aromatic rings. The lowest BCUT2D eigenvalue weighted by Crippen LogP contribution is -2.52. The Morgan fingerprint density at radius 2 is 1.72 bits per heavy atom. The molecular formula is C36H50N4O6. The fourth-order valence-corrected chi connectivity index (χ4v) is 7.69. The molecule has 2 saturated heterocycles. The van der Waals surface area contributed by atoms with E-state index in [0.29, 0.717) is 59.8 Å². The van der Waals surface area contributed by atoms with Gasteiger partial charge in [-0.1, -0.05) is 26.3 Å². The van der Waals surface area contributed by atoms with Crippen molar-refractivity contribution in [3.63, 3.8) is 0 Å². The molecule has 0 spiro atoms. The summed E-state index contributed by atoms with van der Waals surface area (Å²) in [6.07, 6.45) is 7.19. The highest BCUT2D eigenvalue weighted by Gasteiger charge is 2.34. The SMILES string of the molecule is COc1cc2c(c(OC)c1OC)-c1ccc(N[C@H](C(=O)NC[C@@H]3CCCN4CCCC[C@H]34)C(C)C)c(=O)cc1[C@@H](NC(C)=O)CC2. The lowest BCUT2D eigenvalue weighted by atomic mass is 9.83. The van der Waals surface area contributed by atoms with Crippen LogP contribution in [0.1, 0.15) is 76.5 Å². The topological polar surface area (TPSA) is 118 Å². The molecule has 250 valence electrons. The average Bonchev–Trinajstić information content (AvgIpc) is 3.29. The van der Waals surface area contributed by atoms with E-state index in [2.05, 4.69) is 20.9 Å². The van der Waals surface area contributed by atoms with Gasteiger partial charge in [-0.3, -0.25) is 14.4 Å². The van der Waals surface area contributed by atoms with Gasteiger partial charge < -0.3 is 35.1 Å². The summed E-state index contributed by atoms with van der Waals surface area (Å²) in [5, 5.41) is 9.58. The zero-order chi connectivity index (χ0) is 33.0. The summed E-state index contributed by atoms with van der Waals surface area (Å²) >= 11 is 0. The normalized spacial score (nSPS) is 21.5. The number of piperidine rings is 2. The van der Waals surface area contributed by atoms with Crippen molar-refractivity contribution in [2.45, 2.75) is 83.8 Å². The number of anilines is 1. The summed E-state index contributed by atoms with van der Waals surface area (Å²) in [6.45, 7) is 8.40. The number of carbonyl (C=O) groups is 2. The molecule has 10 nitrogen and oxygen atoms in total. The third kappa shape index (κ3) is 6.97. The Morgan fingerprint density at radius 3 is 2.41 bits per heavy atom. The number of aryl methyl sites for hydroxylation is 1. The Hall–Kier alpha value is -3.79. The van der Waals surface area contributed by atoms with Crippen LogP contribution in [0.15, 0.2) is 29.1 Å². The van der Waals surface area contributed by atoms with Crippen LogP contribution in [-0.4, -0.2) is 69.8 Å². The highest BCUT2D eigenvalue weighted by molar-refractivity contribution is 5.86. The molecule has 2 aromatic carbocycles. The second-order valence-corrected chi connectivity index (χ2v) is 13.2. The van der Waals surface area contributed by atoms with Gasteiger partial charge in [-0.15, -0.1) is 0 Å². The largest absolute Gasteiger partial charge is 0.493 e. The van der Waals surface area contributed by atoms with Crippen LogP contribution >= 0.6 is 0 Å². The van der Waals surface area contributed by atoms with E-state index in [1.165, 1.54) is 32.6 Å². The lowest BCUT2D eigenvalue weighted by Gasteiger charge is -2.44. The Balaban J connectivity index is 1.49. The summed E-state index contributed by atoms with van der Waals surface area (Å²) in [4.78, 5) is 42.4. The van der Waals surface area contributed by atoms with Crippen molar-refractivity contribution in [2.24, 2.45) is 11.8 Å². The zero-order valence-corrected chi connectivity index (χ0v) is 28.2. The molecule has 2 fully saturated rings. The van der Waals surface area contributed by atoms with Crippen LogP contribution in [0, 0.1) is 11.8 Å². The number of ether oxygens (including phenoxy) is 3. The fraction of sp³-hybridized carbons (Fsp3) is 0.583. The molecular weight excluding hydrogens is 584 g/mol. The summed E-state index contributed by atoms with van der Waals surface area (Å²) in [7, 11) is 4.72. The Morgan fingerprint density at radius 1 is 0.957 bits per heavy atom. The molecule has 2 amide bonds. The molecule has 1 aliphatic carbocycles. The third-order valence-corrected chi connectivity index (χ3v) is 9.94. The first kappa shape index (κ1) is 33.6. The van der Waals surface area contributed by atoms with Gasteiger partial charge in [0.2, 0.25) is 23.0 Å². The number of hydrogen-bond acceptors (Lipinski definition) is 8. The second kappa shape index (κ2) is 14.8. The number of nitrogens with zero attached hydrogens (tertiary/aromatic N) is 1. The Labute approximate surface area is 272 Å². The average molecular weight is 635 g/mol. The number of benzene rings is 1. The van der Waals surface area contributed by atoms with Gasteiger partial charge in [0.15, 0.2) is 11.5 Å². The van der Waals surface area contributed by atoms with Crippen molar-refractivity contribution in [3.8, 4) is 28.4 Å². The maximum atomic E-state index is 13.9. The molecule has 0 saturated carbocycles. The molecule has 2 heterocycles. The lowest BCUT2D eigenvalue weighted by molar-refractivity contribution is -0.123. The van der Waals surface area contributed by atoms with E-state index in [9.17, 15) is 14.4 Å². The highest BCUT2D eigenvalue weighted by atomic mass is 16.5. The molecule has 0 aromatic heterocycles. The summed E-state index contributed by atoms with van der Waals surface area (Å²) < 4.78 is 17.2. The highest BCUT2D eigenvalue weighted by Crippen LogP contribution is 2.50. The minimum atomic E-state index is -0.599. The number of nitrogens with one attached hydrogen (secondary N) is 3. The van der Waals surface area contributed by atoms with E-state index in [0.717, 1.165) is 36.2 Å². The van der Waals surface area contributed by atoms with Gasteiger partial charge >= 0.3 is 0 Å². The number of hydrogen-bond donors (Lipinski definition) is 3. The molecule has 0 radical (unpaired) electrons. The summed E-state index contributed by atoms with van der Waals surface area (Å²) in [5.41, 5.74) is 3.22. The van der Waals surface area contributed by atoms with Crippen LogP contribution in [0.4, 0.5) is 5.69 Å². The number of amides is 2. The Kier molecular flexibility index (Phi) is 10.8. The maximum absolute atomic E-state index is 13.9. The molecule has 3 aliphatic rings. The van der Waals surface area contributed by atoms with E-state index in [4.69, 9.17) is 14.2 Å². The van der Waals surface area contributed by atoms with Gasteiger partial charge in [0.05, 0.1) is 33.1 Å². The van der Waals surface area contributed by atoms with Crippen molar-refractivity contribution in [1.82, 2.24) is 15.5 Å². The number of rotatable bonds is 10. The van der Waals surface area contributed by atoms with Crippen LogP contribution in [0.5, 0.6) is 17.2 Å². The van der Waals surface area contributed by atoms with Crippen molar-refractivity contribution in [3.05, 3.63) is 45.6 Å². The van der Waals surface area contributed by atoms with Gasteiger partial charge in [0.25, 0.3) is 0 Å². The van der Waals surface area contributed by atoms with Crippen LogP contribution in [0.3, 0.4) is 0 Å². The molecule has 46 heavy (non-hydrogen) atoms. The minimum Gasteiger partial charge on any atom is -0.493 e. The predicted octanol–water partition coefficient (Wildman–Crippen LogP) is 4.68. The van der Waals surface area contributed by atoms with E-state index in [1.54, 1.807) is 33.5 Å². The van der Waals surface area contributed by atoms with Crippen LogP contribution in [0.25, 0.3) is 11.1 Å². The molecule has 0 bridgehead atoms. The van der Waals surface area contributed by atoms with E-state index in [-0.39, 0.29) is 23.2 Å². The second-order valence-electron chi connectivity index (χ2n) is 13.2. The van der Waals surface area contributed by atoms with Crippen molar-refractivity contribution in [1.29, 1.82) is 0 Å². The summed E-state index contributed by atoms with van der Waals surface area (Å²) in [6, 6.07) is 6.66.